The van der Waals surface area contributed by atoms with Gasteiger partial charge in [-0.2, -0.15) is 0 Å². The van der Waals surface area contributed by atoms with Crippen molar-refractivity contribution in [3.8, 4) is 0 Å². The third-order valence-electron chi connectivity index (χ3n) is 2.94. The number of pyridine rings is 1. The predicted octanol–water partition coefficient (Wildman–Crippen LogP) is 1.06. The van der Waals surface area contributed by atoms with Gasteiger partial charge >= 0.3 is 5.97 Å². The fourth-order valence-electron chi connectivity index (χ4n) is 1.84. The monoisotopic (exact) mass is 290 g/mol. The standard InChI is InChI=1S/C13H18N6O2/c1-3-19-8-17-18-10(19)7-16-12-11(14)9(5-6-15-12)13(20)21-4-2/h5-6,8H,3-4,7,14H2,1-2H3,(H,15,16). The molecule has 0 bridgehead atoms. The first-order valence-electron chi connectivity index (χ1n) is 6.69. The number of nitrogen functional groups attached to an aromatic ring is 1. The molecule has 2 aromatic rings. The van der Waals surface area contributed by atoms with Crippen molar-refractivity contribution in [3.63, 3.8) is 0 Å². The van der Waals surface area contributed by atoms with Crippen LogP contribution in [0.2, 0.25) is 0 Å². The first-order valence-corrected chi connectivity index (χ1v) is 6.69. The van der Waals surface area contributed by atoms with Crippen LogP contribution in [0.15, 0.2) is 18.6 Å². The molecule has 3 N–H and O–H groups in total. The van der Waals surface area contributed by atoms with Gasteiger partial charge in [0.1, 0.15) is 12.1 Å². The lowest BCUT2D eigenvalue weighted by Crippen LogP contribution is -2.13. The number of nitrogens with one attached hydrogen (secondary N) is 1. The minimum atomic E-state index is -0.461. The maximum absolute atomic E-state index is 11.8. The molecule has 2 rings (SSSR count). The molecule has 0 aromatic carbocycles. The highest BCUT2D eigenvalue weighted by atomic mass is 16.5. The van der Waals surface area contributed by atoms with Crippen LogP contribution in [0.5, 0.6) is 0 Å². The lowest BCUT2D eigenvalue weighted by Gasteiger charge is -2.11. The molecule has 0 radical (unpaired) electrons. The number of aromatic nitrogens is 4. The van der Waals surface area contributed by atoms with Crippen molar-refractivity contribution >= 4 is 17.5 Å². The molecule has 0 atom stereocenters. The molecule has 2 aromatic heterocycles. The van der Waals surface area contributed by atoms with Gasteiger partial charge in [0.05, 0.1) is 24.4 Å². The van der Waals surface area contributed by atoms with Gasteiger partial charge in [0.2, 0.25) is 0 Å². The minimum Gasteiger partial charge on any atom is -0.462 e. The molecule has 8 heteroatoms. The number of nitrogens with two attached hydrogens (primary N) is 1. The van der Waals surface area contributed by atoms with Crippen LogP contribution < -0.4 is 11.1 Å². The van der Waals surface area contributed by atoms with Gasteiger partial charge < -0.3 is 20.4 Å². The highest BCUT2D eigenvalue weighted by Gasteiger charge is 2.14. The number of hydrogen-bond donors (Lipinski definition) is 2. The summed E-state index contributed by atoms with van der Waals surface area (Å²) in [7, 11) is 0. The van der Waals surface area contributed by atoms with E-state index in [4.69, 9.17) is 10.5 Å². The maximum Gasteiger partial charge on any atom is 0.340 e. The second-order valence-corrected chi connectivity index (χ2v) is 4.23. The summed E-state index contributed by atoms with van der Waals surface area (Å²) in [5.41, 5.74) is 6.52. The second kappa shape index (κ2) is 6.69. The Bertz CT molecular complexity index is 625. The van der Waals surface area contributed by atoms with Crippen molar-refractivity contribution in [2.24, 2.45) is 0 Å². The van der Waals surface area contributed by atoms with Gasteiger partial charge in [0.25, 0.3) is 0 Å². The molecule has 0 aliphatic rings. The van der Waals surface area contributed by atoms with Crippen LogP contribution in [0.1, 0.15) is 30.0 Å². The Morgan fingerprint density at radius 2 is 2.29 bits per heavy atom. The van der Waals surface area contributed by atoms with Crippen LogP contribution in [-0.2, 0) is 17.8 Å². The third kappa shape index (κ3) is 3.28. The van der Waals surface area contributed by atoms with Crippen molar-refractivity contribution < 1.29 is 9.53 Å². The summed E-state index contributed by atoms with van der Waals surface area (Å²) in [6.07, 6.45) is 3.17. The molecular formula is C13H18N6O2. The highest BCUT2D eigenvalue weighted by Crippen LogP contribution is 2.21. The van der Waals surface area contributed by atoms with E-state index >= 15 is 0 Å². The van der Waals surface area contributed by atoms with Gasteiger partial charge in [-0.1, -0.05) is 0 Å². The molecule has 0 saturated heterocycles. The molecule has 0 spiro atoms. The molecule has 0 fully saturated rings. The second-order valence-electron chi connectivity index (χ2n) is 4.23. The summed E-state index contributed by atoms with van der Waals surface area (Å²) in [6, 6.07) is 1.53. The lowest BCUT2D eigenvalue weighted by molar-refractivity contribution is 0.0527. The molecule has 2 heterocycles. The smallest absolute Gasteiger partial charge is 0.340 e. The van der Waals surface area contributed by atoms with E-state index in [0.717, 1.165) is 12.4 Å². The van der Waals surface area contributed by atoms with Crippen LogP contribution in [0.3, 0.4) is 0 Å². The normalized spacial score (nSPS) is 10.4. The fraction of sp³-hybridized carbons (Fsp3) is 0.385. The Morgan fingerprint density at radius 1 is 1.48 bits per heavy atom. The topological polar surface area (TPSA) is 108 Å². The van der Waals surface area contributed by atoms with Gasteiger partial charge in [0.15, 0.2) is 5.82 Å². The van der Waals surface area contributed by atoms with Crippen LogP contribution in [0.25, 0.3) is 0 Å². The number of esters is 1. The molecule has 0 amide bonds. The summed E-state index contributed by atoms with van der Waals surface area (Å²) < 4.78 is 6.85. The van der Waals surface area contributed by atoms with E-state index in [9.17, 15) is 4.79 Å². The Morgan fingerprint density at radius 3 is 3.00 bits per heavy atom. The Balaban J connectivity index is 2.14. The van der Waals surface area contributed by atoms with Gasteiger partial charge in [-0.3, -0.25) is 0 Å². The van der Waals surface area contributed by atoms with E-state index in [0.29, 0.717) is 24.5 Å². The van der Waals surface area contributed by atoms with Crippen LogP contribution in [0, 0.1) is 0 Å². The van der Waals surface area contributed by atoms with E-state index in [1.165, 1.54) is 12.3 Å². The summed E-state index contributed by atoms with van der Waals surface area (Å²) >= 11 is 0. The number of carbonyl (C=O) groups excluding carboxylic acids is 1. The third-order valence-corrected chi connectivity index (χ3v) is 2.94. The molecular weight excluding hydrogens is 272 g/mol. The van der Waals surface area contributed by atoms with Crippen molar-refractivity contribution in [3.05, 3.63) is 30.0 Å². The largest absolute Gasteiger partial charge is 0.462 e. The highest BCUT2D eigenvalue weighted by molar-refractivity contribution is 5.97. The number of ether oxygens (including phenoxy) is 1. The van der Waals surface area contributed by atoms with Gasteiger partial charge in [0, 0.05) is 12.7 Å². The van der Waals surface area contributed by atoms with E-state index in [-0.39, 0.29) is 5.69 Å². The Kier molecular flexibility index (Phi) is 4.70. The number of anilines is 2. The van der Waals surface area contributed by atoms with Crippen molar-refractivity contribution in [1.82, 2.24) is 19.7 Å². The zero-order valence-corrected chi connectivity index (χ0v) is 12.0. The van der Waals surface area contributed by atoms with Crippen LogP contribution >= 0.6 is 0 Å². The van der Waals surface area contributed by atoms with E-state index in [1.807, 2.05) is 11.5 Å². The molecule has 8 nitrogen and oxygen atoms in total. The number of rotatable bonds is 6. The summed E-state index contributed by atoms with van der Waals surface area (Å²) in [5.74, 6) is 0.726. The quantitative estimate of drug-likeness (QED) is 0.766. The number of aryl methyl sites for hydroxylation is 1. The van der Waals surface area contributed by atoms with Crippen LogP contribution in [-0.4, -0.2) is 32.3 Å². The molecule has 0 unspecified atom stereocenters. The van der Waals surface area contributed by atoms with E-state index < -0.39 is 5.97 Å². The Labute approximate surface area is 122 Å². The average Bonchev–Trinajstić information content (AvgIpc) is 2.94. The number of nitrogens with zero attached hydrogens (tertiary/aromatic N) is 4. The minimum absolute atomic E-state index is 0.263. The molecule has 21 heavy (non-hydrogen) atoms. The molecule has 0 saturated carbocycles. The SMILES string of the molecule is CCOC(=O)c1ccnc(NCc2nncn2CC)c1N. The van der Waals surface area contributed by atoms with Gasteiger partial charge in [-0.05, 0) is 19.9 Å². The van der Waals surface area contributed by atoms with Crippen molar-refractivity contribution in [2.75, 3.05) is 17.7 Å². The fourth-order valence-corrected chi connectivity index (χ4v) is 1.84. The number of carbonyl (C=O) groups is 1. The first kappa shape index (κ1) is 14.8. The summed E-state index contributed by atoms with van der Waals surface area (Å²) in [6.45, 7) is 5.23. The van der Waals surface area contributed by atoms with E-state index in [2.05, 4.69) is 20.5 Å². The van der Waals surface area contributed by atoms with Gasteiger partial charge in [-0.15, -0.1) is 10.2 Å². The van der Waals surface area contributed by atoms with Crippen molar-refractivity contribution in [2.45, 2.75) is 26.9 Å². The maximum atomic E-state index is 11.8. The van der Waals surface area contributed by atoms with E-state index in [1.54, 1.807) is 13.3 Å². The Hall–Kier alpha value is -2.64. The summed E-state index contributed by atoms with van der Waals surface area (Å²) in [4.78, 5) is 15.9. The molecule has 112 valence electrons. The van der Waals surface area contributed by atoms with Crippen LogP contribution in [0.4, 0.5) is 11.5 Å². The predicted molar refractivity (Wildman–Crippen MR) is 77.6 cm³/mol. The molecule has 0 aliphatic heterocycles. The zero-order valence-electron chi connectivity index (χ0n) is 12.0. The zero-order chi connectivity index (χ0) is 15.2. The summed E-state index contributed by atoms with van der Waals surface area (Å²) in [5, 5.41) is 10.9. The average molecular weight is 290 g/mol. The van der Waals surface area contributed by atoms with Gasteiger partial charge in [-0.25, -0.2) is 9.78 Å². The number of hydrogen-bond acceptors (Lipinski definition) is 7. The molecule has 0 aliphatic carbocycles. The first-order chi connectivity index (χ1) is 10.2. The van der Waals surface area contributed by atoms with Crippen molar-refractivity contribution in [1.29, 1.82) is 0 Å². The lowest BCUT2D eigenvalue weighted by atomic mass is 10.2.